The molecule has 0 spiro atoms. The number of nitrogens with one attached hydrogen (secondary N) is 1. The Kier molecular flexibility index (Phi) is 5.06. The molecule has 1 amide bonds. The van der Waals surface area contributed by atoms with Crippen LogP contribution in [0, 0.1) is 0 Å². The van der Waals surface area contributed by atoms with Gasteiger partial charge in [-0.25, -0.2) is 4.98 Å². The van der Waals surface area contributed by atoms with E-state index in [1.807, 2.05) is 42.6 Å². The SMILES string of the molecule is O=C1C(NCc2cnc(-c3ccco3)s2)CCCN1c1ccccc1Cl. The van der Waals surface area contributed by atoms with E-state index in [9.17, 15) is 4.79 Å². The van der Waals surface area contributed by atoms with E-state index in [-0.39, 0.29) is 11.9 Å². The van der Waals surface area contributed by atoms with Crippen LogP contribution in [0.4, 0.5) is 5.69 Å². The summed E-state index contributed by atoms with van der Waals surface area (Å²) in [5.41, 5.74) is 0.781. The summed E-state index contributed by atoms with van der Waals surface area (Å²) in [4.78, 5) is 20.1. The number of furan rings is 1. The molecule has 1 aliphatic rings. The van der Waals surface area contributed by atoms with Gasteiger partial charge in [0.25, 0.3) is 0 Å². The van der Waals surface area contributed by atoms with Gasteiger partial charge >= 0.3 is 0 Å². The van der Waals surface area contributed by atoms with Gasteiger partial charge in [0.2, 0.25) is 5.91 Å². The van der Waals surface area contributed by atoms with Gasteiger partial charge in [-0.05, 0) is 37.1 Å². The Morgan fingerprint density at radius 3 is 3.00 bits per heavy atom. The smallest absolute Gasteiger partial charge is 0.244 e. The zero-order chi connectivity index (χ0) is 17.9. The molecule has 1 fully saturated rings. The van der Waals surface area contributed by atoms with Crippen molar-refractivity contribution in [2.45, 2.75) is 25.4 Å². The van der Waals surface area contributed by atoms with Crippen LogP contribution < -0.4 is 10.2 Å². The molecule has 0 saturated carbocycles. The van der Waals surface area contributed by atoms with Gasteiger partial charge in [-0.1, -0.05) is 23.7 Å². The number of carbonyl (C=O) groups is 1. The maximum atomic E-state index is 12.9. The number of thiazole rings is 1. The fourth-order valence-electron chi connectivity index (χ4n) is 3.10. The Morgan fingerprint density at radius 2 is 2.19 bits per heavy atom. The number of anilines is 1. The molecule has 4 rings (SSSR count). The predicted octanol–water partition coefficient (Wildman–Crippen LogP) is 4.34. The van der Waals surface area contributed by atoms with Gasteiger partial charge in [-0.3, -0.25) is 4.79 Å². The van der Waals surface area contributed by atoms with E-state index in [0.29, 0.717) is 18.1 Å². The number of aromatic nitrogens is 1. The van der Waals surface area contributed by atoms with E-state index >= 15 is 0 Å². The van der Waals surface area contributed by atoms with Crippen LogP contribution in [-0.2, 0) is 11.3 Å². The van der Waals surface area contributed by atoms with Crippen LogP contribution in [0.2, 0.25) is 5.02 Å². The van der Waals surface area contributed by atoms with Gasteiger partial charge in [-0.15, -0.1) is 11.3 Å². The molecule has 1 unspecified atom stereocenters. The van der Waals surface area contributed by atoms with Crippen molar-refractivity contribution < 1.29 is 9.21 Å². The van der Waals surface area contributed by atoms with Crippen molar-refractivity contribution in [2.75, 3.05) is 11.4 Å². The topological polar surface area (TPSA) is 58.4 Å². The van der Waals surface area contributed by atoms with Crippen molar-refractivity contribution in [3.8, 4) is 10.8 Å². The molecule has 26 heavy (non-hydrogen) atoms. The lowest BCUT2D eigenvalue weighted by molar-refractivity contribution is -0.121. The minimum Gasteiger partial charge on any atom is -0.462 e. The molecule has 1 saturated heterocycles. The number of hydrogen-bond donors (Lipinski definition) is 1. The number of benzene rings is 1. The van der Waals surface area contributed by atoms with E-state index in [1.54, 1.807) is 22.5 Å². The first-order chi connectivity index (χ1) is 12.7. The minimum absolute atomic E-state index is 0.0696. The largest absolute Gasteiger partial charge is 0.462 e. The number of nitrogens with zero attached hydrogens (tertiary/aromatic N) is 2. The van der Waals surface area contributed by atoms with Crippen LogP contribution in [0.15, 0.2) is 53.3 Å². The highest BCUT2D eigenvalue weighted by Gasteiger charge is 2.30. The number of carbonyl (C=O) groups excluding carboxylic acids is 1. The van der Waals surface area contributed by atoms with E-state index in [0.717, 1.165) is 34.2 Å². The number of para-hydroxylation sites is 1. The summed E-state index contributed by atoms with van der Waals surface area (Å²) in [6, 6.07) is 11.0. The fraction of sp³-hybridized carbons (Fsp3) is 0.263. The summed E-state index contributed by atoms with van der Waals surface area (Å²) in [7, 11) is 0. The van der Waals surface area contributed by atoms with Crippen LogP contribution >= 0.6 is 22.9 Å². The van der Waals surface area contributed by atoms with Crippen LogP contribution in [0.1, 0.15) is 17.7 Å². The third-order valence-corrected chi connectivity index (χ3v) is 5.72. The Hall–Kier alpha value is -2.15. The summed E-state index contributed by atoms with van der Waals surface area (Å²) in [5, 5.41) is 4.82. The molecule has 0 aliphatic carbocycles. The molecular formula is C19H18ClN3O2S. The lowest BCUT2D eigenvalue weighted by Crippen LogP contribution is -2.50. The van der Waals surface area contributed by atoms with Gasteiger partial charge in [0, 0.05) is 24.2 Å². The van der Waals surface area contributed by atoms with Crippen molar-refractivity contribution in [1.82, 2.24) is 10.3 Å². The molecule has 2 aromatic heterocycles. The highest BCUT2D eigenvalue weighted by Crippen LogP contribution is 2.29. The van der Waals surface area contributed by atoms with E-state index in [2.05, 4.69) is 10.3 Å². The van der Waals surface area contributed by atoms with Gasteiger partial charge in [0.05, 0.1) is 23.0 Å². The fourth-order valence-corrected chi connectivity index (χ4v) is 4.17. The molecular weight excluding hydrogens is 370 g/mol. The normalized spacial score (nSPS) is 17.7. The van der Waals surface area contributed by atoms with Crippen molar-refractivity contribution in [1.29, 1.82) is 0 Å². The van der Waals surface area contributed by atoms with Crippen LogP contribution in [0.25, 0.3) is 10.8 Å². The lowest BCUT2D eigenvalue weighted by atomic mass is 10.0. The molecule has 1 aliphatic heterocycles. The zero-order valence-electron chi connectivity index (χ0n) is 14.0. The van der Waals surface area contributed by atoms with E-state index in [1.165, 1.54) is 0 Å². The molecule has 5 nitrogen and oxygen atoms in total. The third-order valence-electron chi connectivity index (χ3n) is 4.39. The van der Waals surface area contributed by atoms with E-state index in [4.69, 9.17) is 16.0 Å². The van der Waals surface area contributed by atoms with Crippen LogP contribution in [0.3, 0.4) is 0 Å². The number of rotatable bonds is 5. The second-order valence-electron chi connectivity index (χ2n) is 6.13. The summed E-state index contributed by atoms with van der Waals surface area (Å²) in [6.45, 7) is 1.30. The van der Waals surface area contributed by atoms with Crippen molar-refractivity contribution >= 4 is 34.5 Å². The molecule has 1 N–H and O–H groups in total. The molecule has 0 bridgehead atoms. The molecule has 1 atom stereocenters. The molecule has 3 heterocycles. The van der Waals surface area contributed by atoms with Gasteiger partial charge in [-0.2, -0.15) is 0 Å². The highest BCUT2D eigenvalue weighted by atomic mass is 35.5. The van der Waals surface area contributed by atoms with E-state index < -0.39 is 0 Å². The number of hydrogen-bond acceptors (Lipinski definition) is 5. The first kappa shape index (κ1) is 17.3. The number of amides is 1. The molecule has 134 valence electrons. The van der Waals surface area contributed by atoms with Crippen molar-refractivity contribution in [3.05, 3.63) is 58.8 Å². The summed E-state index contributed by atoms with van der Waals surface area (Å²) < 4.78 is 5.37. The maximum absolute atomic E-state index is 12.9. The predicted molar refractivity (Wildman–Crippen MR) is 103 cm³/mol. The van der Waals surface area contributed by atoms with Crippen molar-refractivity contribution in [2.24, 2.45) is 0 Å². The quantitative estimate of drug-likeness (QED) is 0.707. The Bertz CT molecular complexity index is 894. The lowest BCUT2D eigenvalue weighted by Gasteiger charge is -2.33. The Balaban J connectivity index is 1.42. The molecule has 1 aromatic carbocycles. The molecule has 0 radical (unpaired) electrons. The van der Waals surface area contributed by atoms with Gasteiger partial charge < -0.3 is 14.6 Å². The second-order valence-corrected chi connectivity index (χ2v) is 7.65. The first-order valence-electron chi connectivity index (χ1n) is 8.50. The second kappa shape index (κ2) is 7.61. The average Bonchev–Trinajstić information content (AvgIpc) is 3.33. The van der Waals surface area contributed by atoms with Gasteiger partial charge in [0.15, 0.2) is 10.8 Å². The minimum atomic E-state index is -0.214. The average molecular weight is 388 g/mol. The standard InChI is InChI=1S/C19H18ClN3O2S/c20-14-5-1-2-7-16(14)23-9-3-6-15(19(23)24)21-11-13-12-22-18(26-13)17-8-4-10-25-17/h1-2,4-5,7-8,10,12,15,21H,3,6,9,11H2. The van der Waals surface area contributed by atoms with Gasteiger partial charge in [0.1, 0.15) is 0 Å². The summed E-state index contributed by atoms with van der Waals surface area (Å²) in [5.74, 6) is 0.833. The summed E-state index contributed by atoms with van der Waals surface area (Å²) in [6.07, 6.45) is 5.23. The Morgan fingerprint density at radius 1 is 1.31 bits per heavy atom. The third kappa shape index (κ3) is 3.53. The zero-order valence-corrected chi connectivity index (χ0v) is 15.6. The molecule has 7 heteroatoms. The highest BCUT2D eigenvalue weighted by molar-refractivity contribution is 7.14. The van der Waals surface area contributed by atoms with Crippen molar-refractivity contribution in [3.63, 3.8) is 0 Å². The first-order valence-corrected chi connectivity index (χ1v) is 9.69. The monoisotopic (exact) mass is 387 g/mol. The Labute approximate surface area is 160 Å². The number of halogens is 1. The van der Waals surface area contributed by atoms with Crippen LogP contribution in [0.5, 0.6) is 0 Å². The number of piperidine rings is 1. The van der Waals surface area contributed by atoms with Crippen LogP contribution in [-0.4, -0.2) is 23.5 Å². The summed E-state index contributed by atoms with van der Waals surface area (Å²) >= 11 is 7.83. The maximum Gasteiger partial charge on any atom is 0.244 e. The molecule has 3 aromatic rings.